The molecule has 1 aliphatic rings. The SMILES string of the molecule is CC(C)(O)O.O=C(NC[C@@H]1CO[C@H](CNC(=O)c2cccc(-c3ccccc3)c2)C1)c1ccccc1.[HH].[HH]. The Hall–Kier alpha value is -3.52. The van der Waals surface area contributed by atoms with E-state index in [1.165, 1.54) is 13.8 Å². The molecule has 1 heterocycles. The Kier molecular flexibility index (Phi) is 9.76. The predicted octanol–water partition coefficient (Wildman–Crippen LogP) is 4.12. The van der Waals surface area contributed by atoms with Gasteiger partial charge >= 0.3 is 0 Å². The van der Waals surface area contributed by atoms with Crippen molar-refractivity contribution in [1.82, 2.24) is 10.6 Å². The predicted molar refractivity (Wildman–Crippen MR) is 144 cm³/mol. The van der Waals surface area contributed by atoms with Crippen molar-refractivity contribution in [1.29, 1.82) is 0 Å². The number of hydrogen-bond acceptors (Lipinski definition) is 5. The van der Waals surface area contributed by atoms with E-state index in [1.54, 1.807) is 12.1 Å². The van der Waals surface area contributed by atoms with Crippen molar-refractivity contribution < 1.29 is 27.4 Å². The summed E-state index contributed by atoms with van der Waals surface area (Å²) in [5, 5.41) is 22.1. The first-order valence-electron chi connectivity index (χ1n) is 12.0. The van der Waals surface area contributed by atoms with Crippen LogP contribution in [0.3, 0.4) is 0 Å². The minimum Gasteiger partial charge on any atom is -0.376 e. The largest absolute Gasteiger partial charge is 0.376 e. The summed E-state index contributed by atoms with van der Waals surface area (Å²) in [4.78, 5) is 24.8. The summed E-state index contributed by atoms with van der Waals surface area (Å²) in [5.41, 5.74) is 3.38. The van der Waals surface area contributed by atoms with Gasteiger partial charge in [-0.1, -0.05) is 60.7 Å². The van der Waals surface area contributed by atoms with Gasteiger partial charge in [0.25, 0.3) is 11.8 Å². The monoisotopic (exact) mass is 494 g/mol. The van der Waals surface area contributed by atoms with E-state index < -0.39 is 5.79 Å². The number of carbonyl (C=O) groups is 2. The molecule has 2 atom stereocenters. The van der Waals surface area contributed by atoms with Gasteiger partial charge in [0.1, 0.15) is 0 Å². The van der Waals surface area contributed by atoms with Gasteiger partial charge in [0, 0.05) is 33.0 Å². The van der Waals surface area contributed by atoms with Crippen LogP contribution in [-0.2, 0) is 4.74 Å². The van der Waals surface area contributed by atoms with Crippen LogP contribution in [0.15, 0.2) is 84.9 Å². The maximum absolute atomic E-state index is 12.6. The Morgan fingerprint density at radius 1 is 0.833 bits per heavy atom. The highest BCUT2D eigenvalue weighted by molar-refractivity contribution is 5.95. The van der Waals surface area contributed by atoms with Crippen molar-refractivity contribution in [3.8, 4) is 11.1 Å². The summed E-state index contributed by atoms with van der Waals surface area (Å²) in [6.45, 7) is 4.20. The molecule has 4 N–H and O–H groups in total. The molecule has 0 spiro atoms. The third-order valence-corrected chi connectivity index (χ3v) is 5.47. The second kappa shape index (κ2) is 13.0. The molecule has 1 saturated heterocycles. The van der Waals surface area contributed by atoms with Gasteiger partial charge in [0.2, 0.25) is 0 Å². The van der Waals surface area contributed by atoms with Crippen LogP contribution in [0.5, 0.6) is 0 Å². The Morgan fingerprint density at radius 2 is 1.36 bits per heavy atom. The van der Waals surface area contributed by atoms with E-state index in [9.17, 15) is 9.59 Å². The first-order valence-corrected chi connectivity index (χ1v) is 12.0. The highest BCUT2D eigenvalue weighted by Crippen LogP contribution is 2.21. The maximum atomic E-state index is 12.6. The number of benzene rings is 3. The van der Waals surface area contributed by atoms with E-state index >= 15 is 0 Å². The third-order valence-electron chi connectivity index (χ3n) is 5.47. The number of aliphatic hydroxyl groups is 2. The van der Waals surface area contributed by atoms with Gasteiger partial charge in [0.05, 0.1) is 12.7 Å². The van der Waals surface area contributed by atoms with E-state index in [0.29, 0.717) is 30.8 Å². The first-order chi connectivity index (χ1) is 17.2. The molecule has 36 heavy (non-hydrogen) atoms. The molecule has 7 heteroatoms. The van der Waals surface area contributed by atoms with Gasteiger partial charge in [-0.25, -0.2) is 0 Å². The van der Waals surface area contributed by atoms with Crippen molar-refractivity contribution in [2.24, 2.45) is 5.92 Å². The van der Waals surface area contributed by atoms with Gasteiger partial charge in [-0.2, -0.15) is 0 Å². The second-order valence-corrected chi connectivity index (χ2v) is 9.28. The van der Waals surface area contributed by atoms with Crippen LogP contribution < -0.4 is 10.6 Å². The smallest absolute Gasteiger partial charge is 0.251 e. The number of rotatable bonds is 7. The molecule has 3 aromatic carbocycles. The molecule has 0 aliphatic carbocycles. The van der Waals surface area contributed by atoms with Crippen LogP contribution in [0.25, 0.3) is 11.1 Å². The summed E-state index contributed by atoms with van der Waals surface area (Å²) in [7, 11) is 0. The molecular formula is C29H38N2O5. The molecule has 2 amide bonds. The van der Waals surface area contributed by atoms with Crippen molar-refractivity contribution in [2.75, 3.05) is 19.7 Å². The lowest BCUT2D eigenvalue weighted by Gasteiger charge is -2.12. The first kappa shape index (κ1) is 27.1. The van der Waals surface area contributed by atoms with Crippen LogP contribution >= 0.6 is 0 Å². The minimum atomic E-state index is -1.50. The average molecular weight is 495 g/mol. The summed E-state index contributed by atoms with van der Waals surface area (Å²) >= 11 is 0. The number of ether oxygens (including phenoxy) is 1. The second-order valence-electron chi connectivity index (χ2n) is 9.28. The molecule has 7 nitrogen and oxygen atoms in total. The number of carbonyl (C=O) groups excluding carboxylic acids is 2. The Labute approximate surface area is 215 Å². The Balaban J connectivity index is 0.000000946. The van der Waals surface area contributed by atoms with Crippen LogP contribution in [0.1, 0.15) is 43.8 Å². The zero-order valence-corrected chi connectivity index (χ0v) is 20.7. The lowest BCUT2D eigenvalue weighted by molar-refractivity contribution is -0.127. The summed E-state index contributed by atoms with van der Waals surface area (Å²) in [6, 6.07) is 26.8. The van der Waals surface area contributed by atoms with E-state index in [0.717, 1.165) is 17.5 Å². The van der Waals surface area contributed by atoms with Crippen LogP contribution in [0, 0.1) is 5.92 Å². The fraction of sp³-hybridized carbons (Fsp3) is 0.310. The maximum Gasteiger partial charge on any atom is 0.251 e. The topological polar surface area (TPSA) is 108 Å². The summed E-state index contributed by atoms with van der Waals surface area (Å²) < 4.78 is 5.82. The molecule has 0 saturated carbocycles. The molecule has 0 unspecified atom stereocenters. The minimum absolute atomic E-state index is 0. The Morgan fingerprint density at radius 3 is 2.03 bits per heavy atom. The molecule has 0 aromatic heterocycles. The van der Waals surface area contributed by atoms with Gasteiger partial charge in [-0.05, 0) is 55.7 Å². The lowest BCUT2D eigenvalue weighted by atomic mass is 10.0. The van der Waals surface area contributed by atoms with Crippen molar-refractivity contribution in [2.45, 2.75) is 32.2 Å². The fourth-order valence-electron chi connectivity index (χ4n) is 3.77. The summed E-state index contributed by atoms with van der Waals surface area (Å²) in [5.74, 6) is -1.44. The molecule has 1 aliphatic heterocycles. The number of amides is 2. The fourth-order valence-corrected chi connectivity index (χ4v) is 3.77. The lowest BCUT2D eigenvalue weighted by Crippen LogP contribution is -2.32. The van der Waals surface area contributed by atoms with E-state index in [4.69, 9.17) is 14.9 Å². The normalized spacial score (nSPS) is 17.0. The van der Waals surface area contributed by atoms with Crippen molar-refractivity contribution >= 4 is 11.8 Å². The van der Waals surface area contributed by atoms with E-state index in [-0.39, 0.29) is 26.7 Å². The molecular weight excluding hydrogens is 456 g/mol. The van der Waals surface area contributed by atoms with E-state index in [1.807, 2.05) is 72.8 Å². The molecule has 0 radical (unpaired) electrons. The van der Waals surface area contributed by atoms with Crippen molar-refractivity contribution in [3.63, 3.8) is 0 Å². The molecule has 1 fully saturated rings. The molecule has 0 bridgehead atoms. The molecule has 4 rings (SSSR count). The average Bonchev–Trinajstić information content (AvgIpc) is 3.34. The molecule has 3 aromatic rings. The Bertz CT molecular complexity index is 1120. The van der Waals surface area contributed by atoms with Gasteiger partial charge in [-0.3, -0.25) is 9.59 Å². The summed E-state index contributed by atoms with van der Waals surface area (Å²) in [6.07, 6.45) is 0.763. The third kappa shape index (κ3) is 9.26. The van der Waals surface area contributed by atoms with Gasteiger partial charge < -0.3 is 25.6 Å². The highest BCUT2D eigenvalue weighted by Gasteiger charge is 2.26. The quantitative estimate of drug-likeness (QED) is 0.370. The van der Waals surface area contributed by atoms with Gasteiger partial charge in [-0.15, -0.1) is 0 Å². The zero-order chi connectivity index (χ0) is 26.0. The van der Waals surface area contributed by atoms with Crippen molar-refractivity contribution in [3.05, 3.63) is 96.1 Å². The van der Waals surface area contributed by atoms with Crippen LogP contribution in [0.2, 0.25) is 0 Å². The number of hydrogen-bond donors (Lipinski definition) is 4. The van der Waals surface area contributed by atoms with E-state index in [2.05, 4.69) is 10.6 Å². The van der Waals surface area contributed by atoms with Crippen LogP contribution in [-0.4, -0.2) is 53.6 Å². The highest BCUT2D eigenvalue weighted by atomic mass is 16.5. The van der Waals surface area contributed by atoms with Crippen LogP contribution in [0.4, 0.5) is 0 Å². The zero-order valence-electron chi connectivity index (χ0n) is 20.7. The number of nitrogens with one attached hydrogen (secondary N) is 2. The molecule has 194 valence electrons. The van der Waals surface area contributed by atoms with Gasteiger partial charge in [0.15, 0.2) is 5.79 Å². The standard InChI is InChI=1S/C26H26N2O3.C3H8O2.2H2/c29-25(21-10-5-2-6-11-21)27-16-19-14-24(31-18-19)17-28-26(30)23-13-7-12-22(15-23)20-8-3-1-4-9-20;1-3(2,4)5;;/h1-13,15,19,24H,14,16-18H2,(H,27,29)(H,28,30);4-5H,1-2H3;2*1H/t19-,24+;;;/m1.../s1.